The van der Waals surface area contributed by atoms with Crippen molar-refractivity contribution in [3.8, 4) is 0 Å². The van der Waals surface area contributed by atoms with Crippen LogP contribution in [0.25, 0.3) is 0 Å². The van der Waals surface area contributed by atoms with E-state index in [-0.39, 0.29) is 11.9 Å². The summed E-state index contributed by atoms with van der Waals surface area (Å²) in [4.78, 5) is 17.7. The molecule has 2 aliphatic heterocycles. The molecule has 5 rings (SSSR count). The van der Waals surface area contributed by atoms with Gasteiger partial charge in [-0.25, -0.2) is 0 Å². The third kappa shape index (κ3) is 6.95. The molecule has 3 aromatic rings. The van der Waals surface area contributed by atoms with Crippen molar-refractivity contribution in [3.05, 3.63) is 104 Å². The Bertz CT molecular complexity index is 1250. The van der Waals surface area contributed by atoms with Gasteiger partial charge < -0.3 is 5.32 Å². The van der Waals surface area contributed by atoms with Crippen molar-refractivity contribution >= 4 is 28.5 Å². The quantitative estimate of drug-likeness (QED) is 0.326. The molecule has 2 heterocycles. The number of alkyl halides is 3. The van der Waals surface area contributed by atoms with E-state index in [1.54, 1.807) is 12.1 Å². The van der Waals surface area contributed by atoms with Gasteiger partial charge in [0.25, 0.3) is 5.91 Å². The van der Waals surface area contributed by atoms with E-state index in [0.717, 1.165) is 69.7 Å². The minimum absolute atomic E-state index is 0.0382. The SMILES string of the molecule is O=C(NC1CCN(Cc2ccc(C(F)(F)F)cc2)CC1)c1ccc2c(c1)CN(Cc1ccc(I)cc1)CC2. The lowest BCUT2D eigenvalue weighted by molar-refractivity contribution is -0.137. The standard InChI is InChI=1S/C30H31F3IN3O/c31-30(32,33)26-7-1-21(2-8-26)18-36-15-12-28(13-16-36)35-29(38)24-6-5-23-11-14-37(20-25(23)17-24)19-22-3-9-27(34)10-4-22/h1-10,17,28H,11-16,18-20H2,(H,35,38). The average molecular weight is 633 g/mol. The highest BCUT2D eigenvalue weighted by atomic mass is 127. The molecule has 0 atom stereocenters. The van der Waals surface area contributed by atoms with E-state index < -0.39 is 11.7 Å². The number of amides is 1. The fourth-order valence-corrected chi connectivity index (χ4v) is 5.66. The number of nitrogens with one attached hydrogen (secondary N) is 1. The monoisotopic (exact) mass is 633 g/mol. The van der Waals surface area contributed by atoms with E-state index in [9.17, 15) is 18.0 Å². The van der Waals surface area contributed by atoms with Crippen LogP contribution in [0.5, 0.6) is 0 Å². The Morgan fingerprint density at radius 1 is 0.842 bits per heavy atom. The Balaban J connectivity index is 1.12. The molecule has 1 N–H and O–H groups in total. The van der Waals surface area contributed by atoms with Crippen molar-refractivity contribution in [2.45, 2.75) is 51.1 Å². The van der Waals surface area contributed by atoms with Crippen LogP contribution in [0, 0.1) is 3.57 Å². The summed E-state index contributed by atoms with van der Waals surface area (Å²) in [6, 6.07) is 20.2. The van der Waals surface area contributed by atoms with Gasteiger partial charge in [0.2, 0.25) is 0 Å². The molecule has 0 aromatic heterocycles. The maximum atomic E-state index is 13.1. The summed E-state index contributed by atoms with van der Waals surface area (Å²) in [7, 11) is 0. The smallest absolute Gasteiger partial charge is 0.349 e. The van der Waals surface area contributed by atoms with E-state index in [2.05, 4.69) is 68.0 Å². The van der Waals surface area contributed by atoms with Gasteiger partial charge in [-0.15, -0.1) is 0 Å². The predicted octanol–water partition coefficient (Wildman–Crippen LogP) is 6.26. The lowest BCUT2D eigenvalue weighted by Gasteiger charge is -2.32. The lowest BCUT2D eigenvalue weighted by Crippen LogP contribution is -2.44. The predicted molar refractivity (Wildman–Crippen MR) is 151 cm³/mol. The molecule has 2 aliphatic rings. The summed E-state index contributed by atoms with van der Waals surface area (Å²) in [5.41, 5.74) is 4.78. The molecule has 0 spiro atoms. The molecule has 3 aromatic carbocycles. The van der Waals surface area contributed by atoms with Crippen molar-refractivity contribution in [3.63, 3.8) is 0 Å². The number of piperidine rings is 1. The summed E-state index contributed by atoms with van der Waals surface area (Å²) < 4.78 is 39.6. The van der Waals surface area contributed by atoms with Gasteiger partial charge in [0.15, 0.2) is 0 Å². The van der Waals surface area contributed by atoms with Crippen LogP contribution >= 0.6 is 22.6 Å². The summed E-state index contributed by atoms with van der Waals surface area (Å²) in [6.07, 6.45) is -1.69. The van der Waals surface area contributed by atoms with Crippen molar-refractivity contribution in [1.82, 2.24) is 15.1 Å². The third-order valence-corrected chi connectivity index (χ3v) is 8.21. The number of benzene rings is 3. The van der Waals surface area contributed by atoms with Gasteiger partial charge in [0.1, 0.15) is 0 Å². The van der Waals surface area contributed by atoms with Gasteiger partial charge in [-0.1, -0.05) is 30.3 Å². The normalized spacial score (nSPS) is 17.3. The van der Waals surface area contributed by atoms with Crippen molar-refractivity contribution < 1.29 is 18.0 Å². The zero-order chi connectivity index (χ0) is 26.7. The highest BCUT2D eigenvalue weighted by Crippen LogP contribution is 2.29. The molecule has 1 amide bonds. The molecule has 0 bridgehead atoms. The molecular weight excluding hydrogens is 602 g/mol. The molecule has 1 fully saturated rings. The van der Waals surface area contributed by atoms with Gasteiger partial charge in [0, 0.05) is 54.4 Å². The number of likely N-dealkylation sites (tertiary alicyclic amines) is 1. The molecule has 8 heteroatoms. The Kier molecular flexibility index (Phi) is 8.40. The largest absolute Gasteiger partial charge is 0.416 e. The van der Waals surface area contributed by atoms with E-state index in [4.69, 9.17) is 0 Å². The molecule has 1 saturated heterocycles. The van der Waals surface area contributed by atoms with Gasteiger partial charge in [-0.2, -0.15) is 13.2 Å². The van der Waals surface area contributed by atoms with Crippen LogP contribution in [0.1, 0.15) is 51.0 Å². The van der Waals surface area contributed by atoms with Crippen LogP contribution in [0.15, 0.2) is 66.7 Å². The third-order valence-electron chi connectivity index (χ3n) is 7.49. The first kappa shape index (κ1) is 27.1. The number of carbonyl (C=O) groups excluding carboxylic acids is 1. The molecule has 0 aliphatic carbocycles. The Morgan fingerprint density at radius 3 is 2.13 bits per heavy atom. The average Bonchev–Trinajstić information content (AvgIpc) is 2.90. The maximum absolute atomic E-state index is 13.1. The highest BCUT2D eigenvalue weighted by molar-refractivity contribution is 14.1. The Labute approximate surface area is 235 Å². The minimum Gasteiger partial charge on any atom is -0.349 e. The number of fused-ring (bicyclic) bond motifs is 1. The maximum Gasteiger partial charge on any atom is 0.416 e. The second-order valence-corrected chi connectivity index (χ2v) is 11.5. The van der Waals surface area contributed by atoms with Crippen molar-refractivity contribution in [2.75, 3.05) is 19.6 Å². The molecule has 0 saturated carbocycles. The van der Waals surface area contributed by atoms with E-state index >= 15 is 0 Å². The number of halogens is 4. The van der Waals surface area contributed by atoms with E-state index in [0.29, 0.717) is 12.1 Å². The summed E-state index contributed by atoms with van der Waals surface area (Å²) in [5.74, 6) is -0.0382. The minimum atomic E-state index is -4.31. The van der Waals surface area contributed by atoms with Gasteiger partial charge in [0.05, 0.1) is 5.56 Å². The number of nitrogens with zero attached hydrogens (tertiary/aromatic N) is 2. The number of hydrogen-bond acceptors (Lipinski definition) is 3. The van der Waals surface area contributed by atoms with Gasteiger partial charge in [-0.3, -0.25) is 14.6 Å². The Morgan fingerprint density at radius 2 is 1.47 bits per heavy atom. The first-order valence-corrected chi connectivity index (χ1v) is 14.1. The number of carbonyl (C=O) groups is 1. The van der Waals surface area contributed by atoms with Crippen LogP contribution < -0.4 is 5.32 Å². The summed E-state index contributed by atoms with van der Waals surface area (Å²) in [6.45, 7) is 4.95. The number of rotatable bonds is 6. The van der Waals surface area contributed by atoms with Gasteiger partial charge in [-0.05, 0) is 101 Å². The van der Waals surface area contributed by atoms with Crippen LogP contribution in [-0.2, 0) is 32.2 Å². The first-order valence-electron chi connectivity index (χ1n) is 13.0. The second kappa shape index (κ2) is 11.8. The first-order chi connectivity index (χ1) is 18.2. The van der Waals surface area contributed by atoms with Gasteiger partial charge >= 0.3 is 6.18 Å². The zero-order valence-electron chi connectivity index (χ0n) is 21.1. The van der Waals surface area contributed by atoms with Crippen LogP contribution in [-0.4, -0.2) is 41.4 Å². The fraction of sp³-hybridized carbons (Fsp3) is 0.367. The molecule has 38 heavy (non-hydrogen) atoms. The van der Waals surface area contributed by atoms with Crippen LogP contribution in [0.2, 0.25) is 0 Å². The topological polar surface area (TPSA) is 35.6 Å². The summed E-state index contributed by atoms with van der Waals surface area (Å²) in [5, 5.41) is 3.20. The molecular formula is C30H31F3IN3O. The van der Waals surface area contributed by atoms with E-state index in [1.807, 2.05) is 12.1 Å². The molecule has 4 nitrogen and oxygen atoms in total. The zero-order valence-corrected chi connectivity index (χ0v) is 23.3. The van der Waals surface area contributed by atoms with E-state index in [1.165, 1.54) is 20.3 Å². The van der Waals surface area contributed by atoms with Crippen LogP contribution in [0.4, 0.5) is 13.2 Å². The highest BCUT2D eigenvalue weighted by Gasteiger charge is 2.30. The molecule has 0 unspecified atom stereocenters. The Hall–Kier alpha value is -2.43. The lowest BCUT2D eigenvalue weighted by atomic mass is 9.96. The fourth-order valence-electron chi connectivity index (χ4n) is 5.30. The molecule has 0 radical (unpaired) electrons. The number of hydrogen-bond donors (Lipinski definition) is 1. The molecule has 200 valence electrons. The van der Waals surface area contributed by atoms with Crippen molar-refractivity contribution in [2.24, 2.45) is 0 Å². The van der Waals surface area contributed by atoms with Crippen LogP contribution in [0.3, 0.4) is 0 Å². The van der Waals surface area contributed by atoms with Crippen molar-refractivity contribution in [1.29, 1.82) is 0 Å². The second-order valence-electron chi connectivity index (χ2n) is 10.3. The summed E-state index contributed by atoms with van der Waals surface area (Å²) >= 11 is 2.32.